The maximum absolute atomic E-state index is 12.4. The molecule has 0 aliphatic carbocycles. The number of anilines is 1. The van der Waals surface area contributed by atoms with Crippen molar-refractivity contribution < 1.29 is 14.3 Å². The molecule has 1 fully saturated rings. The highest BCUT2D eigenvalue weighted by Crippen LogP contribution is 2.29. The first-order chi connectivity index (χ1) is 10.7. The number of hydrogen-bond acceptors (Lipinski definition) is 4. The zero-order chi connectivity index (χ0) is 15.9. The molecule has 1 N–H and O–H groups in total. The molecule has 2 rings (SSSR count). The van der Waals surface area contributed by atoms with Gasteiger partial charge in [0.15, 0.2) is 0 Å². The van der Waals surface area contributed by atoms with Gasteiger partial charge >= 0.3 is 6.03 Å². The van der Waals surface area contributed by atoms with E-state index in [4.69, 9.17) is 9.47 Å². The molecule has 1 aromatic rings. The van der Waals surface area contributed by atoms with Crippen molar-refractivity contribution in [1.29, 1.82) is 0 Å². The smallest absolute Gasteiger partial charge is 0.322 e. The summed E-state index contributed by atoms with van der Waals surface area (Å²) in [5.41, 5.74) is 0.611. The van der Waals surface area contributed by atoms with Gasteiger partial charge in [0.25, 0.3) is 0 Å². The standard InChI is InChI=1S/C16H23N3O3/c1-4-7-18-8-10-19(11-9-18)16(20)17-14-12-13(21-2)5-6-15(14)22-3/h4-6,12H,1,7-11H2,2-3H3,(H,17,20). The van der Waals surface area contributed by atoms with Crippen LogP contribution in [-0.2, 0) is 0 Å². The predicted molar refractivity (Wildman–Crippen MR) is 86.8 cm³/mol. The Labute approximate surface area is 131 Å². The van der Waals surface area contributed by atoms with Gasteiger partial charge in [-0.1, -0.05) is 6.08 Å². The average Bonchev–Trinajstić information content (AvgIpc) is 2.55. The Morgan fingerprint density at radius 1 is 1.27 bits per heavy atom. The largest absolute Gasteiger partial charge is 0.497 e. The van der Waals surface area contributed by atoms with Crippen molar-refractivity contribution in [2.45, 2.75) is 0 Å². The number of carbonyl (C=O) groups excluding carboxylic acids is 1. The van der Waals surface area contributed by atoms with E-state index in [0.717, 1.165) is 19.6 Å². The van der Waals surface area contributed by atoms with Gasteiger partial charge in [-0.3, -0.25) is 4.90 Å². The summed E-state index contributed by atoms with van der Waals surface area (Å²) in [6.45, 7) is 7.71. The number of nitrogens with one attached hydrogen (secondary N) is 1. The molecule has 6 heteroatoms. The number of rotatable bonds is 5. The topological polar surface area (TPSA) is 54.0 Å². The van der Waals surface area contributed by atoms with Gasteiger partial charge in [-0.15, -0.1) is 6.58 Å². The van der Waals surface area contributed by atoms with E-state index >= 15 is 0 Å². The van der Waals surface area contributed by atoms with Crippen LogP contribution in [0.4, 0.5) is 10.5 Å². The SMILES string of the molecule is C=CCN1CCN(C(=O)Nc2cc(OC)ccc2OC)CC1. The summed E-state index contributed by atoms with van der Waals surface area (Å²) in [5.74, 6) is 1.28. The Kier molecular flexibility index (Phi) is 5.66. The van der Waals surface area contributed by atoms with Crippen molar-refractivity contribution in [2.75, 3.05) is 52.3 Å². The molecular weight excluding hydrogens is 282 g/mol. The molecule has 1 saturated heterocycles. The molecule has 1 aromatic carbocycles. The summed E-state index contributed by atoms with van der Waals surface area (Å²) >= 11 is 0. The van der Waals surface area contributed by atoms with Crippen molar-refractivity contribution in [2.24, 2.45) is 0 Å². The average molecular weight is 305 g/mol. The lowest BCUT2D eigenvalue weighted by molar-refractivity contribution is 0.155. The van der Waals surface area contributed by atoms with E-state index in [1.165, 1.54) is 0 Å². The number of ether oxygens (including phenoxy) is 2. The molecule has 2 amide bonds. The van der Waals surface area contributed by atoms with Gasteiger partial charge in [-0.2, -0.15) is 0 Å². The Morgan fingerprint density at radius 2 is 2.00 bits per heavy atom. The normalized spacial score (nSPS) is 15.3. The van der Waals surface area contributed by atoms with Crippen LogP contribution in [0.1, 0.15) is 0 Å². The molecule has 0 radical (unpaired) electrons. The van der Waals surface area contributed by atoms with Crippen molar-refractivity contribution in [3.05, 3.63) is 30.9 Å². The second kappa shape index (κ2) is 7.70. The van der Waals surface area contributed by atoms with E-state index in [-0.39, 0.29) is 6.03 Å². The molecule has 0 unspecified atom stereocenters. The molecule has 0 bridgehead atoms. The Morgan fingerprint density at radius 3 is 2.59 bits per heavy atom. The lowest BCUT2D eigenvalue weighted by atomic mass is 10.2. The number of nitrogens with zero attached hydrogens (tertiary/aromatic N) is 2. The fourth-order valence-corrected chi connectivity index (χ4v) is 2.42. The summed E-state index contributed by atoms with van der Waals surface area (Å²) in [6.07, 6.45) is 1.89. The van der Waals surface area contributed by atoms with E-state index in [1.54, 1.807) is 37.3 Å². The van der Waals surface area contributed by atoms with Crippen LogP contribution in [0.3, 0.4) is 0 Å². The van der Waals surface area contributed by atoms with Crippen LogP contribution in [0.25, 0.3) is 0 Å². The summed E-state index contributed by atoms with van der Waals surface area (Å²) < 4.78 is 10.5. The summed E-state index contributed by atoms with van der Waals surface area (Å²) in [6, 6.07) is 5.20. The number of benzene rings is 1. The van der Waals surface area contributed by atoms with Crippen LogP contribution in [0.5, 0.6) is 11.5 Å². The molecule has 0 saturated carbocycles. The molecule has 0 aromatic heterocycles. The minimum atomic E-state index is -0.121. The van der Waals surface area contributed by atoms with Crippen LogP contribution in [0, 0.1) is 0 Å². The molecule has 120 valence electrons. The molecule has 22 heavy (non-hydrogen) atoms. The fraction of sp³-hybridized carbons (Fsp3) is 0.438. The first kappa shape index (κ1) is 16.2. The number of urea groups is 1. The first-order valence-electron chi connectivity index (χ1n) is 7.29. The number of methoxy groups -OCH3 is 2. The molecule has 0 spiro atoms. The predicted octanol–water partition coefficient (Wildman–Crippen LogP) is 2.04. The van der Waals surface area contributed by atoms with Crippen molar-refractivity contribution in [3.63, 3.8) is 0 Å². The summed E-state index contributed by atoms with van der Waals surface area (Å²) in [5, 5.41) is 2.90. The summed E-state index contributed by atoms with van der Waals surface area (Å²) in [4.78, 5) is 16.5. The van der Waals surface area contributed by atoms with Gasteiger partial charge in [-0.05, 0) is 12.1 Å². The van der Waals surface area contributed by atoms with Crippen molar-refractivity contribution >= 4 is 11.7 Å². The molecular formula is C16H23N3O3. The number of carbonyl (C=O) groups is 1. The van der Waals surface area contributed by atoms with Crippen LogP contribution < -0.4 is 14.8 Å². The van der Waals surface area contributed by atoms with Gasteiger partial charge in [0.2, 0.25) is 0 Å². The third kappa shape index (κ3) is 3.92. The van der Waals surface area contributed by atoms with Crippen LogP contribution in [0.2, 0.25) is 0 Å². The van der Waals surface area contributed by atoms with Crippen LogP contribution in [0.15, 0.2) is 30.9 Å². The minimum Gasteiger partial charge on any atom is -0.497 e. The number of amides is 2. The first-order valence-corrected chi connectivity index (χ1v) is 7.29. The zero-order valence-corrected chi connectivity index (χ0v) is 13.2. The van der Waals surface area contributed by atoms with Gasteiger partial charge in [0.1, 0.15) is 11.5 Å². The number of hydrogen-bond donors (Lipinski definition) is 1. The Hall–Kier alpha value is -2.21. The van der Waals surface area contributed by atoms with E-state index in [9.17, 15) is 4.79 Å². The van der Waals surface area contributed by atoms with E-state index in [1.807, 2.05) is 6.08 Å². The molecule has 1 aliphatic heterocycles. The van der Waals surface area contributed by atoms with E-state index < -0.39 is 0 Å². The highest BCUT2D eigenvalue weighted by Gasteiger charge is 2.21. The van der Waals surface area contributed by atoms with Gasteiger partial charge in [0.05, 0.1) is 19.9 Å². The number of piperazine rings is 1. The third-order valence-corrected chi connectivity index (χ3v) is 3.70. The molecule has 6 nitrogen and oxygen atoms in total. The van der Waals surface area contributed by atoms with E-state index in [0.29, 0.717) is 30.3 Å². The highest BCUT2D eigenvalue weighted by atomic mass is 16.5. The fourth-order valence-electron chi connectivity index (χ4n) is 2.42. The lowest BCUT2D eigenvalue weighted by Gasteiger charge is -2.34. The molecule has 1 heterocycles. The Bertz CT molecular complexity index is 525. The van der Waals surface area contributed by atoms with Crippen LogP contribution in [-0.4, -0.2) is 62.8 Å². The zero-order valence-electron chi connectivity index (χ0n) is 13.2. The monoisotopic (exact) mass is 305 g/mol. The van der Waals surface area contributed by atoms with Crippen molar-refractivity contribution in [1.82, 2.24) is 9.80 Å². The van der Waals surface area contributed by atoms with Crippen molar-refractivity contribution in [3.8, 4) is 11.5 Å². The van der Waals surface area contributed by atoms with Gasteiger partial charge in [0, 0.05) is 38.8 Å². The highest BCUT2D eigenvalue weighted by molar-refractivity contribution is 5.91. The Balaban J connectivity index is 1.99. The third-order valence-electron chi connectivity index (χ3n) is 3.70. The maximum atomic E-state index is 12.4. The van der Waals surface area contributed by atoms with Gasteiger partial charge in [-0.25, -0.2) is 4.79 Å². The lowest BCUT2D eigenvalue weighted by Crippen LogP contribution is -2.49. The summed E-state index contributed by atoms with van der Waals surface area (Å²) in [7, 11) is 3.16. The maximum Gasteiger partial charge on any atom is 0.322 e. The quantitative estimate of drug-likeness (QED) is 0.846. The minimum absolute atomic E-state index is 0.121. The second-order valence-corrected chi connectivity index (χ2v) is 5.07. The van der Waals surface area contributed by atoms with E-state index in [2.05, 4.69) is 16.8 Å². The van der Waals surface area contributed by atoms with Gasteiger partial charge < -0.3 is 19.7 Å². The molecule has 1 aliphatic rings. The van der Waals surface area contributed by atoms with Crippen LogP contribution >= 0.6 is 0 Å². The molecule has 0 atom stereocenters. The second-order valence-electron chi connectivity index (χ2n) is 5.07.